The fourth-order valence-electron chi connectivity index (χ4n) is 0.667. The van der Waals surface area contributed by atoms with Gasteiger partial charge < -0.3 is 0 Å². The van der Waals surface area contributed by atoms with E-state index >= 15 is 0 Å². The van der Waals surface area contributed by atoms with Gasteiger partial charge in [0.15, 0.2) is 0 Å². The molecule has 0 aliphatic rings. The molecule has 1 aromatic rings. The van der Waals surface area contributed by atoms with Crippen LogP contribution in [0.1, 0.15) is 0 Å². The molecule has 72 valence electrons. The van der Waals surface area contributed by atoms with Crippen LogP contribution < -0.4 is 0 Å². The summed E-state index contributed by atoms with van der Waals surface area (Å²) in [6.45, 7) is 0. The van der Waals surface area contributed by atoms with Crippen LogP contribution in [0.3, 0.4) is 0 Å². The summed E-state index contributed by atoms with van der Waals surface area (Å²) < 4.78 is 22.6. The number of sulfonamides is 1. The van der Waals surface area contributed by atoms with Crippen LogP contribution in [0.25, 0.3) is 0 Å². The SMILES string of the molecule is CN(O)S(=O)(=O)c1ccc(Cl)nc1. The minimum Gasteiger partial charge on any atom is -0.299 e. The van der Waals surface area contributed by atoms with Crippen LogP contribution in [0.5, 0.6) is 0 Å². The summed E-state index contributed by atoms with van der Waals surface area (Å²) in [5, 5.41) is 8.98. The third kappa shape index (κ3) is 2.16. The summed E-state index contributed by atoms with van der Waals surface area (Å²) in [6, 6.07) is 2.59. The van der Waals surface area contributed by atoms with Gasteiger partial charge in [-0.25, -0.2) is 13.4 Å². The van der Waals surface area contributed by atoms with Gasteiger partial charge in [-0.2, -0.15) is 0 Å². The first-order valence-electron chi connectivity index (χ1n) is 3.24. The second kappa shape index (κ2) is 3.59. The zero-order valence-corrected chi connectivity index (χ0v) is 8.25. The Labute approximate surface area is 80.6 Å². The molecule has 0 saturated carbocycles. The Kier molecular flexibility index (Phi) is 2.87. The van der Waals surface area contributed by atoms with Crippen molar-refractivity contribution in [3.05, 3.63) is 23.5 Å². The molecule has 1 rings (SSSR count). The molecule has 1 heterocycles. The van der Waals surface area contributed by atoms with E-state index in [9.17, 15) is 8.42 Å². The fourth-order valence-corrected chi connectivity index (χ4v) is 1.51. The highest BCUT2D eigenvalue weighted by atomic mass is 35.5. The second-order valence-corrected chi connectivity index (χ2v) is 4.59. The molecular weight excluding hydrogens is 216 g/mol. The highest BCUT2D eigenvalue weighted by Gasteiger charge is 2.18. The summed E-state index contributed by atoms with van der Waals surface area (Å²) in [6.07, 6.45) is 1.07. The van der Waals surface area contributed by atoms with Crippen LogP contribution in [0.15, 0.2) is 23.2 Å². The van der Waals surface area contributed by atoms with Crippen LogP contribution in [0.2, 0.25) is 5.15 Å². The van der Waals surface area contributed by atoms with Gasteiger partial charge in [0.05, 0.1) is 0 Å². The second-order valence-electron chi connectivity index (χ2n) is 2.26. The molecule has 0 amide bonds. The third-order valence-electron chi connectivity index (χ3n) is 1.35. The first kappa shape index (κ1) is 10.4. The molecule has 0 atom stereocenters. The molecular formula is C6H7ClN2O3S. The first-order chi connectivity index (χ1) is 5.94. The van der Waals surface area contributed by atoms with Gasteiger partial charge in [0.1, 0.15) is 10.0 Å². The van der Waals surface area contributed by atoms with Crippen molar-refractivity contribution in [2.45, 2.75) is 4.90 Å². The summed E-state index contributed by atoms with van der Waals surface area (Å²) in [4.78, 5) is 3.47. The highest BCUT2D eigenvalue weighted by Crippen LogP contribution is 2.13. The van der Waals surface area contributed by atoms with E-state index in [-0.39, 0.29) is 14.5 Å². The Bertz CT molecular complexity index is 387. The van der Waals surface area contributed by atoms with Crippen molar-refractivity contribution in [1.82, 2.24) is 9.45 Å². The van der Waals surface area contributed by atoms with E-state index in [0.717, 1.165) is 13.2 Å². The normalized spacial score (nSPS) is 12.0. The van der Waals surface area contributed by atoms with Crippen molar-refractivity contribution in [2.75, 3.05) is 7.05 Å². The molecule has 0 bridgehead atoms. The number of hydrogen-bond acceptors (Lipinski definition) is 4. The maximum Gasteiger partial charge on any atom is 0.266 e. The van der Waals surface area contributed by atoms with Crippen molar-refractivity contribution in [3.8, 4) is 0 Å². The van der Waals surface area contributed by atoms with Crippen molar-refractivity contribution in [2.24, 2.45) is 0 Å². The highest BCUT2D eigenvalue weighted by molar-refractivity contribution is 7.89. The number of hydrogen-bond donors (Lipinski definition) is 1. The Hall–Kier alpha value is -0.690. The number of hydroxylamine groups is 1. The lowest BCUT2D eigenvalue weighted by Gasteiger charge is -2.08. The molecule has 0 aliphatic heterocycles. The molecule has 7 heteroatoms. The lowest BCUT2D eigenvalue weighted by Crippen LogP contribution is -2.22. The van der Waals surface area contributed by atoms with Crippen molar-refractivity contribution in [3.63, 3.8) is 0 Å². The lowest BCUT2D eigenvalue weighted by molar-refractivity contribution is 0.0310. The van der Waals surface area contributed by atoms with E-state index in [1.54, 1.807) is 0 Å². The smallest absolute Gasteiger partial charge is 0.266 e. The number of aromatic nitrogens is 1. The van der Waals surface area contributed by atoms with E-state index in [2.05, 4.69) is 4.98 Å². The largest absolute Gasteiger partial charge is 0.299 e. The standard InChI is InChI=1S/C6H7ClN2O3S/c1-9(10)13(11,12)5-2-3-6(7)8-4-5/h2-4,10H,1H3. The summed E-state index contributed by atoms with van der Waals surface area (Å²) in [5.41, 5.74) is 0. The van der Waals surface area contributed by atoms with Gasteiger partial charge in [0, 0.05) is 13.2 Å². The summed E-state index contributed by atoms with van der Waals surface area (Å²) in [7, 11) is -2.81. The van der Waals surface area contributed by atoms with E-state index in [0.29, 0.717) is 0 Å². The van der Waals surface area contributed by atoms with Crippen molar-refractivity contribution in [1.29, 1.82) is 0 Å². The fraction of sp³-hybridized carbons (Fsp3) is 0.167. The molecule has 1 N–H and O–H groups in total. The molecule has 0 unspecified atom stereocenters. The van der Waals surface area contributed by atoms with Crippen LogP contribution in [-0.4, -0.2) is 30.1 Å². The number of pyridine rings is 1. The minimum absolute atomic E-state index is 0.109. The average Bonchev–Trinajstić information content (AvgIpc) is 2.04. The van der Waals surface area contributed by atoms with Crippen LogP contribution in [0.4, 0.5) is 0 Å². The molecule has 5 nitrogen and oxygen atoms in total. The molecule has 0 spiro atoms. The lowest BCUT2D eigenvalue weighted by atomic mass is 10.5. The third-order valence-corrected chi connectivity index (χ3v) is 3.10. The van der Waals surface area contributed by atoms with Crippen LogP contribution in [0, 0.1) is 0 Å². The van der Waals surface area contributed by atoms with Gasteiger partial charge in [-0.3, -0.25) is 5.21 Å². The van der Waals surface area contributed by atoms with E-state index in [4.69, 9.17) is 16.8 Å². The molecule has 0 radical (unpaired) electrons. The van der Waals surface area contributed by atoms with Gasteiger partial charge in [0.2, 0.25) is 0 Å². The van der Waals surface area contributed by atoms with Gasteiger partial charge in [-0.05, 0) is 12.1 Å². The Balaban J connectivity index is 3.17. The van der Waals surface area contributed by atoms with Gasteiger partial charge in [-0.1, -0.05) is 16.1 Å². The number of rotatable bonds is 2. The summed E-state index contributed by atoms with van der Waals surface area (Å²) >= 11 is 5.46. The monoisotopic (exact) mass is 222 g/mol. The summed E-state index contributed by atoms with van der Waals surface area (Å²) in [5.74, 6) is 0. The zero-order valence-electron chi connectivity index (χ0n) is 6.68. The Morgan fingerprint density at radius 1 is 1.54 bits per heavy atom. The average molecular weight is 223 g/mol. The van der Waals surface area contributed by atoms with Gasteiger partial charge >= 0.3 is 0 Å². The van der Waals surface area contributed by atoms with Gasteiger partial charge in [-0.15, -0.1) is 0 Å². The maximum absolute atomic E-state index is 11.2. The maximum atomic E-state index is 11.2. The van der Waals surface area contributed by atoms with Gasteiger partial charge in [0.25, 0.3) is 10.0 Å². The van der Waals surface area contributed by atoms with E-state index < -0.39 is 10.0 Å². The predicted molar refractivity (Wildman–Crippen MR) is 46.0 cm³/mol. The molecule has 0 aliphatic carbocycles. The number of halogens is 1. The molecule has 0 saturated heterocycles. The van der Waals surface area contributed by atoms with Crippen LogP contribution >= 0.6 is 11.6 Å². The Morgan fingerprint density at radius 3 is 2.54 bits per heavy atom. The minimum atomic E-state index is -3.83. The van der Waals surface area contributed by atoms with Crippen LogP contribution in [-0.2, 0) is 10.0 Å². The zero-order chi connectivity index (χ0) is 10.1. The quantitative estimate of drug-likeness (QED) is 0.592. The van der Waals surface area contributed by atoms with E-state index in [1.807, 2.05) is 0 Å². The molecule has 0 aromatic carbocycles. The number of nitrogens with zero attached hydrogens (tertiary/aromatic N) is 2. The molecule has 13 heavy (non-hydrogen) atoms. The molecule has 0 fully saturated rings. The van der Waals surface area contributed by atoms with Crippen molar-refractivity contribution < 1.29 is 13.6 Å². The van der Waals surface area contributed by atoms with E-state index in [1.165, 1.54) is 12.1 Å². The predicted octanol–water partition coefficient (Wildman–Crippen LogP) is 0.745. The Morgan fingerprint density at radius 2 is 2.15 bits per heavy atom. The molecule has 1 aromatic heterocycles. The first-order valence-corrected chi connectivity index (χ1v) is 5.06. The van der Waals surface area contributed by atoms with Crippen molar-refractivity contribution >= 4 is 21.6 Å². The topological polar surface area (TPSA) is 70.5 Å².